The van der Waals surface area contributed by atoms with Crippen LogP contribution in [-0.2, 0) is 19.1 Å². The number of para-hydroxylation sites is 1. The highest BCUT2D eigenvalue weighted by molar-refractivity contribution is 9.10. The summed E-state index contributed by atoms with van der Waals surface area (Å²) in [5.41, 5.74) is 0.582. The van der Waals surface area contributed by atoms with E-state index in [0.29, 0.717) is 5.69 Å². The number of esters is 1. The summed E-state index contributed by atoms with van der Waals surface area (Å²) >= 11 is 3.30. The number of rotatable bonds is 7. The Labute approximate surface area is 153 Å². The zero-order valence-electron chi connectivity index (χ0n) is 13.7. The first kappa shape index (κ1) is 18.9. The molecule has 1 heterocycles. The number of ether oxygens (including phenoxy) is 1. The summed E-state index contributed by atoms with van der Waals surface area (Å²) in [5, 5.41) is 2.62. The van der Waals surface area contributed by atoms with Crippen molar-refractivity contribution < 1.29 is 23.9 Å². The van der Waals surface area contributed by atoms with Crippen LogP contribution in [0, 0.1) is 0 Å². The number of carbonyl (C=O) groups is 4. The molecule has 0 aliphatic carbocycles. The lowest BCUT2D eigenvalue weighted by molar-refractivity contribution is -0.147. The van der Waals surface area contributed by atoms with E-state index in [9.17, 15) is 19.2 Å². The second kappa shape index (κ2) is 8.61. The van der Waals surface area contributed by atoms with E-state index < -0.39 is 18.5 Å². The van der Waals surface area contributed by atoms with E-state index in [1.54, 1.807) is 18.2 Å². The number of urea groups is 1. The first-order valence-corrected chi connectivity index (χ1v) is 8.43. The van der Waals surface area contributed by atoms with Crippen molar-refractivity contribution in [1.29, 1.82) is 0 Å². The minimum atomic E-state index is -0.560. The Morgan fingerprint density at radius 3 is 2.64 bits per heavy atom. The van der Waals surface area contributed by atoms with Gasteiger partial charge < -0.3 is 15.0 Å². The van der Waals surface area contributed by atoms with Crippen LogP contribution >= 0.6 is 15.9 Å². The molecule has 0 spiro atoms. The zero-order chi connectivity index (χ0) is 18.4. The Hall–Kier alpha value is -2.42. The van der Waals surface area contributed by atoms with Crippen LogP contribution in [0.15, 0.2) is 28.7 Å². The molecule has 0 bridgehead atoms. The number of nitrogens with one attached hydrogen (secondary N) is 1. The summed E-state index contributed by atoms with van der Waals surface area (Å²) in [7, 11) is 1.54. The predicted octanol–water partition coefficient (Wildman–Crippen LogP) is 1.61. The van der Waals surface area contributed by atoms with E-state index in [-0.39, 0.29) is 37.9 Å². The topological polar surface area (TPSA) is 96.0 Å². The van der Waals surface area contributed by atoms with Crippen LogP contribution in [0.3, 0.4) is 0 Å². The molecular weight excluding hydrogens is 394 g/mol. The largest absolute Gasteiger partial charge is 0.456 e. The first-order chi connectivity index (χ1) is 11.9. The molecule has 25 heavy (non-hydrogen) atoms. The molecule has 0 radical (unpaired) electrons. The lowest BCUT2D eigenvalue weighted by atomic mass is 10.3. The molecule has 1 aliphatic heterocycles. The van der Waals surface area contributed by atoms with Crippen molar-refractivity contribution in [2.75, 3.05) is 32.1 Å². The van der Waals surface area contributed by atoms with E-state index in [1.807, 2.05) is 6.07 Å². The molecule has 9 heteroatoms. The lowest BCUT2D eigenvalue weighted by Gasteiger charge is -2.13. The average molecular weight is 412 g/mol. The molecule has 1 aliphatic rings. The van der Waals surface area contributed by atoms with Gasteiger partial charge in [-0.2, -0.15) is 0 Å². The number of hydrogen-bond donors (Lipinski definition) is 1. The monoisotopic (exact) mass is 411 g/mol. The maximum atomic E-state index is 11.8. The third-order valence-corrected chi connectivity index (χ3v) is 4.20. The number of imide groups is 1. The molecule has 0 unspecified atom stereocenters. The second-order valence-corrected chi connectivity index (χ2v) is 6.33. The molecule has 4 amide bonds. The van der Waals surface area contributed by atoms with Crippen molar-refractivity contribution in [3.63, 3.8) is 0 Å². The third-order valence-electron chi connectivity index (χ3n) is 3.51. The SMILES string of the molecule is CN1CC(=O)N(CCCC(=O)OCC(=O)Nc2ccccc2Br)C1=O. The lowest BCUT2D eigenvalue weighted by Crippen LogP contribution is -2.32. The molecule has 2 rings (SSSR count). The summed E-state index contributed by atoms with van der Waals surface area (Å²) in [4.78, 5) is 49.1. The molecular formula is C16H18BrN3O5. The summed E-state index contributed by atoms with van der Waals surface area (Å²) in [6.07, 6.45) is 0.305. The number of nitrogens with zero attached hydrogens (tertiary/aromatic N) is 2. The van der Waals surface area contributed by atoms with Gasteiger partial charge in [0.15, 0.2) is 6.61 Å². The van der Waals surface area contributed by atoms with Crippen LogP contribution in [0.1, 0.15) is 12.8 Å². The van der Waals surface area contributed by atoms with E-state index >= 15 is 0 Å². The summed E-state index contributed by atoms with van der Waals surface area (Å²) in [6, 6.07) is 6.70. The number of likely N-dealkylation sites (N-methyl/N-ethyl adjacent to an activating group) is 1. The van der Waals surface area contributed by atoms with Crippen molar-refractivity contribution in [3.8, 4) is 0 Å². The molecule has 1 saturated heterocycles. The quantitative estimate of drug-likeness (QED) is 0.542. The highest BCUT2D eigenvalue weighted by Crippen LogP contribution is 2.20. The van der Waals surface area contributed by atoms with Crippen molar-refractivity contribution in [2.24, 2.45) is 0 Å². The van der Waals surface area contributed by atoms with Crippen LogP contribution in [0.2, 0.25) is 0 Å². The molecule has 1 aromatic rings. The number of halogens is 1. The number of benzene rings is 1. The van der Waals surface area contributed by atoms with E-state index in [1.165, 1.54) is 11.9 Å². The highest BCUT2D eigenvalue weighted by atomic mass is 79.9. The van der Waals surface area contributed by atoms with Crippen molar-refractivity contribution in [3.05, 3.63) is 28.7 Å². The van der Waals surface area contributed by atoms with Gasteiger partial charge in [-0.1, -0.05) is 12.1 Å². The minimum absolute atomic E-state index is 0.0170. The second-order valence-electron chi connectivity index (χ2n) is 5.48. The van der Waals surface area contributed by atoms with Gasteiger partial charge in [0.2, 0.25) is 5.91 Å². The van der Waals surface area contributed by atoms with E-state index in [0.717, 1.165) is 9.37 Å². The summed E-state index contributed by atoms with van der Waals surface area (Å²) in [5.74, 6) is -1.30. The molecule has 0 atom stereocenters. The zero-order valence-corrected chi connectivity index (χ0v) is 15.2. The summed E-state index contributed by atoms with van der Waals surface area (Å²) in [6.45, 7) is -0.191. The van der Waals surface area contributed by atoms with Gasteiger partial charge in [-0.25, -0.2) is 4.79 Å². The fraction of sp³-hybridized carbons (Fsp3) is 0.375. The fourth-order valence-corrected chi connectivity index (χ4v) is 2.62. The molecule has 8 nitrogen and oxygen atoms in total. The standard InChI is InChI=1S/C16H18BrN3O5/c1-19-9-14(22)20(16(19)24)8-4-7-15(23)25-10-13(21)18-12-6-3-2-5-11(12)17/h2-3,5-6H,4,7-10H2,1H3,(H,18,21). The Balaban J connectivity index is 1.67. The molecule has 0 aromatic heterocycles. The smallest absolute Gasteiger partial charge is 0.326 e. The molecule has 1 fully saturated rings. The maximum Gasteiger partial charge on any atom is 0.326 e. The van der Waals surface area contributed by atoms with Crippen molar-refractivity contribution >= 4 is 45.4 Å². The Morgan fingerprint density at radius 2 is 2.00 bits per heavy atom. The molecule has 0 saturated carbocycles. The van der Waals surface area contributed by atoms with Gasteiger partial charge in [0.25, 0.3) is 5.91 Å². The van der Waals surface area contributed by atoms with Gasteiger partial charge in [0.1, 0.15) is 6.54 Å². The summed E-state index contributed by atoms with van der Waals surface area (Å²) < 4.78 is 5.61. The van der Waals surface area contributed by atoms with Gasteiger partial charge >= 0.3 is 12.0 Å². The van der Waals surface area contributed by atoms with E-state index in [4.69, 9.17) is 4.74 Å². The first-order valence-electron chi connectivity index (χ1n) is 7.64. The fourth-order valence-electron chi connectivity index (χ4n) is 2.24. The van der Waals surface area contributed by atoms with Crippen LogP contribution < -0.4 is 5.32 Å². The van der Waals surface area contributed by atoms with Gasteiger partial charge in [-0.3, -0.25) is 19.3 Å². The van der Waals surface area contributed by atoms with Crippen molar-refractivity contribution in [2.45, 2.75) is 12.8 Å². The van der Waals surface area contributed by atoms with Crippen LogP contribution in [0.25, 0.3) is 0 Å². The van der Waals surface area contributed by atoms with Gasteiger partial charge in [0, 0.05) is 24.5 Å². The Bertz CT molecular complexity index is 694. The minimum Gasteiger partial charge on any atom is -0.456 e. The number of carbonyl (C=O) groups excluding carboxylic acids is 4. The molecule has 1 aromatic carbocycles. The van der Waals surface area contributed by atoms with E-state index in [2.05, 4.69) is 21.2 Å². The Kier molecular flexibility index (Phi) is 6.51. The van der Waals surface area contributed by atoms with Crippen LogP contribution in [-0.4, -0.2) is 60.4 Å². The number of hydrogen-bond acceptors (Lipinski definition) is 5. The Morgan fingerprint density at radius 1 is 1.28 bits per heavy atom. The number of amides is 4. The molecule has 134 valence electrons. The normalized spacial score (nSPS) is 14.0. The van der Waals surface area contributed by atoms with Gasteiger partial charge in [-0.15, -0.1) is 0 Å². The maximum absolute atomic E-state index is 11.8. The number of anilines is 1. The third kappa shape index (κ3) is 5.28. The predicted molar refractivity (Wildman–Crippen MR) is 92.7 cm³/mol. The van der Waals surface area contributed by atoms with Gasteiger partial charge in [-0.05, 0) is 34.5 Å². The van der Waals surface area contributed by atoms with Crippen molar-refractivity contribution in [1.82, 2.24) is 9.80 Å². The van der Waals surface area contributed by atoms with Crippen LogP contribution in [0.5, 0.6) is 0 Å². The van der Waals surface area contributed by atoms with Crippen LogP contribution in [0.4, 0.5) is 10.5 Å². The average Bonchev–Trinajstić information content (AvgIpc) is 2.81. The highest BCUT2D eigenvalue weighted by Gasteiger charge is 2.32. The molecule has 1 N–H and O–H groups in total. The van der Waals surface area contributed by atoms with Gasteiger partial charge in [0.05, 0.1) is 5.69 Å².